The maximum Gasteiger partial charge on any atom is 0.214 e. The van der Waals surface area contributed by atoms with Gasteiger partial charge in [-0.1, -0.05) is 24.3 Å². The van der Waals surface area contributed by atoms with E-state index in [1.165, 1.54) is 11.1 Å². The zero-order valence-corrected chi connectivity index (χ0v) is 15.8. The summed E-state index contributed by atoms with van der Waals surface area (Å²) in [5, 5.41) is 14.0. The van der Waals surface area contributed by atoms with Gasteiger partial charge in [0, 0.05) is 43.3 Å². The number of fused-ring (bicyclic) bond motifs is 1. The van der Waals surface area contributed by atoms with Crippen molar-refractivity contribution in [3.63, 3.8) is 0 Å². The summed E-state index contributed by atoms with van der Waals surface area (Å²) >= 11 is 0. The van der Waals surface area contributed by atoms with Gasteiger partial charge in [0.05, 0.1) is 19.3 Å². The number of carbonyl (C=O) groups is 1. The monoisotopic (exact) mass is 382 g/mol. The van der Waals surface area contributed by atoms with Gasteiger partial charge in [0.2, 0.25) is 5.88 Å². The average Bonchev–Trinajstić information content (AvgIpc) is 3.24. The molecule has 148 valence electrons. The number of rotatable bonds is 7. The fourth-order valence-corrected chi connectivity index (χ4v) is 3.80. The topological polar surface area (TPSA) is 80.7 Å². The van der Waals surface area contributed by atoms with Crippen molar-refractivity contribution >= 4 is 5.78 Å². The number of aromatic nitrogens is 1. The third-order valence-electron chi connectivity index (χ3n) is 5.48. The summed E-state index contributed by atoms with van der Waals surface area (Å²) in [5.74, 6) is 0.442. The SMILES string of the molecule is O=C(CC[C@@H](O)[C@@H]1Cc2ccccc2CN1)c1ccnc(OC2CCOC2)c1. The number of hydrogen-bond acceptors (Lipinski definition) is 6. The highest BCUT2D eigenvalue weighted by molar-refractivity contribution is 5.96. The molecule has 4 rings (SSSR count). The minimum atomic E-state index is -0.564. The summed E-state index contributed by atoms with van der Waals surface area (Å²) < 4.78 is 11.1. The molecule has 1 saturated heterocycles. The fraction of sp³-hybridized carbons (Fsp3) is 0.455. The van der Waals surface area contributed by atoms with Gasteiger partial charge >= 0.3 is 0 Å². The van der Waals surface area contributed by atoms with Crippen LogP contribution >= 0.6 is 0 Å². The standard InChI is InChI=1S/C22H26N2O4/c25-20(16-7-9-23-22(12-16)28-18-8-10-27-14-18)5-6-21(26)19-11-15-3-1-2-4-17(15)13-24-19/h1-4,7,9,12,18-19,21,24,26H,5-6,8,10-11,13-14H2/t18?,19-,21+/m0/s1. The summed E-state index contributed by atoms with van der Waals surface area (Å²) in [6.45, 7) is 2.01. The van der Waals surface area contributed by atoms with Gasteiger partial charge in [-0.2, -0.15) is 0 Å². The number of Topliss-reactive ketones (excluding diaryl/α,β-unsaturated/α-hetero) is 1. The van der Waals surface area contributed by atoms with Crippen molar-refractivity contribution < 1.29 is 19.4 Å². The lowest BCUT2D eigenvalue weighted by Gasteiger charge is -2.29. The Labute approximate surface area is 164 Å². The Balaban J connectivity index is 1.30. The summed E-state index contributed by atoms with van der Waals surface area (Å²) in [5.41, 5.74) is 3.11. The van der Waals surface area contributed by atoms with E-state index in [0.29, 0.717) is 31.1 Å². The van der Waals surface area contributed by atoms with Crippen molar-refractivity contribution in [3.05, 3.63) is 59.3 Å². The van der Waals surface area contributed by atoms with Crippen molar-refractivity contribution in [1.29, 1.82) is 0 Å². The van der Waals surface area contributed by atoms with E-state index in [4.69, 9.17) is 9.47 Å². The molecule has 1 fully saturated rings. The molecule has 6 nitrogen and oxygen atoms in total. The molecule has 1 aromatic carbocycles. The van der Waals surface area contributed by atoms with Crippen molar-refractivity contribution in [2.45, 2.75) is 50.5 Å². The maximum absolute atomic E-state index is 12.6. The summed E-state index contributed by atoms with van der Waals surface area (Å²) in [7, 11) is 0. The Bertz CT molecular complexity index is 820. The molecule has 2 N–H and O–H groups in total. The zero-order chi connectivity index (χ0) is 19.3. The number of aliphatic hydroxyl groups excluding tert-OH is 1. The van der Waals surface area contributed by atoms with Crippen LogP contribution in [0.4, 0.5) is 0 Å². The smallest absolute Gasteiger partial charge is 0.214 e. The van der Waals surface area contributed by atoms with Gasteiger partial charge in [-0.05, 0) is 30.0 Å². The average molecular weight is 382 g/mol. The summed E-state index contributed by atoms with van der Waals surface area (Å²) in [4.78, 5) is 16.8. The molecule has 2 aliphatic rings. The van der Waals surface area contributed by atoms with Crippen LogP contribution in [0.3, 0.4) is 0 Å². The molecule has 0 aliphatic carbocycles. The lowest BCUT2D eigenvalue weighted by molar-refractivity contribution is 0.0876. The molecule has 0 saturated carbocycles. The van der Waals surface area contributed by atoms with Gasteiger partial charge in [-0.15, -0.1) is 0 Å². The van der Waals surface area contributed by atoms with Gasteiger partial charge in [0.1, 0.15) is 6.10 Å². The van der Waals surface area contributed by atoms with Gasteiger partial charge in [-0.3, -0.25) is 4.79 Å². The van der Waals surface area contributed by atoms with Crippen LogP contribution in [0.2, 0.25) is 0 Å². The largest absolute Gasteiger partial charge is 0.472 e. The second-order valence-electron chi connectivity index (χ2n) is 7.48. The molecule has 3 atom stereocenters. The van der Waals surface area contributed by atoms with Gasteiger partial charge < -0.3 is 19.9 Å². The first-order chi connectivity index (χ1) is 13.7. The third-order valence-corrected chi connectivity index (χ3v) is 5.48. The minimum absolute atomic E-state index is 0.0000669. The van der Waals surface area contributed by atoms with E-state index in [9.17, 15) is 9.90 Å². The molecule has 0 spiro atoms. The maximum atomic E-state index is 12.6. The quantitative estimate of drug-likeness (QED) is 0.715. The summed E-state index contributed by atoms with van der Waals surface area (Å²) in [6, 6.07) is 11.6. The Morgan fingerprint density at radius 2 is 2.18 bits per heavy atom. The Morgan fingerprint density at radius 3 is 3.00 bits per heavy atom. The highest BCUT2D eigenvalue weighted by Crippen LogP contribution is 2.21. The molecule has 6 heteroatoms. The zero-order valence-electron chi connectivity index (χ0n) is 15.8. The predicted octanol–water partition coefficient (Wildman–Crippen LogP) is 2.29. The number of nitrogens with zero attached hydrogens (tertiary/aromatic N) is 1. The van der Waals surface area contributed by atoms with Crippen molar-refractivity contribution in [2.24, 2.45) is 0 Å². The van der Waals surface area contributed by atoms with E-state index < -0.39 is 6.10 Å². The second-order valence-corrected chi connectivity index (χ2v) is 7.48. The molecule has 28 heavy (non-hydrogen) atoms. The van der Waals surface area contributed by atoms with Crippen LogP contribution in [0, 0.1) is 0 Å². The van der Waals surface area contributed by atoms with Crippen LogP contribution in [0.5, 0.6) is 5.88 Å². The molecule has 0 radical (unpaired) electrons. The number of nitrogens with one attached hydrogen (secondary N) is 1. The van der Waals surface area contributed by atoms with Crippen LogP contribution in [0.15, 0.2) is 42.6 Å². The highest BCUT2D eigenvalue weighted by atomic mass is 16.5. The normalized spacial score (nSPS) is 22.5. The lowest BCUT2D eigenvalue weighted by Crippen LogP contribution is -2.44. The Hall–Kier alpha value is -2.28. The van der Waals surface area contributed by atoms with Gasteiger partial charge in [-0.25, -0.2) is 4.98 Å². The molecule has 2 aromatic rings. The first-order valence-electron chi connectivity index (χ1n) is 9.91. The Kier molecular flexibility index (Phi) is 6.00. The molecule has 0 amide bonds. The first kappa shape index (κ1) is 19.1. The molecular formula is C22H26N2O4. The molecule has 3 heterocycles. The van der Waals surface area contributed by atoms with Crippen LogP contribution in [0.1, 0.15) is 40.7 Å². The number of ketones is 1. The molecular weight excluding hydrogens is 356 g/mol. The summed E-state index contributed by atoms with van der Waals surface area (Å²) in [6.07, 6.45) is 3.36. The number of hydrogen-bond donors (Lipinski definition) is 2. The third kappa shape index (κ3) is 4.58. The highest BCUT2D eigenvalue weighted by Gasteiger charge is 2.25. The van der Waals surface area contributed by atoms with E-state index in [1.54, 1.807) is 18.3 Å². The van der Waals surface area contributed by atoms with Gasteiger partial charge in [0.25, 0.3) is 0 Å². The predicted molar refractivity (Wildman–Crippen MR) is 104 cm³/mol. The van der Waals surface area contributed by atoms with E-state index in [1.807, 2.05) is 12.1 Å². The number of benzene rings is 1. The fourth-order valence-electron chi connectivity index (χ4n) is 3.80. The van der Waals surface area contributed by atoms with E-state index in [2.05, 4.69) is 22.4 Å². The Morgan fingerprint density at radius 1 is 1.32 bits per heavy atom. The lowest BCUT2D eigenvalue weighted by atomic mass is 9.91. The molecule has 1 unspecified atom stereocenters. The first-order valence-corrected chi connectivity index (χ1v) is 9.91. The second kappa shape index (κ2) is 8.82. The van der Waals surface area contributed by atoms with Crippen LogP contribution in [-0.2, 0) is 17.7 Å². The van der Waals surface area contributed by atoms with E-state index in [0.717, 1.165) is 19.4 Å². The van der Waals surface area contributed by atoms with E-state index in [-0.39, 0.29) is 24.3 Å². The van der Waals surface area contributed by atoms with Crippen molar-refractivity contribution in [2.75, 3.05) is 13.2 Å². The van der Waals surface area contributed by atoms with Crippen molar-refractivity contribution in [1.82, 2.24) is 10.3 Å². The number of pyridine rings is 1. The van der Waals surface area contributed by atoms with Crippen LogP contribution < -0.4 is 10.1 Å². The number of aliphatic hydroxyl groups is 1. The van der Waals surface area contributed by atoms with Gasteiger partial charge in [0.15, 0.2) is 5.78 Å². The number of ether oxygens (including phenoxy) is 2. The number of carbonyl (C=O) groups excluding carboxylic acids is 1. The molecule has 0 bridgehead atoms. The van der Waals surface area contributed by atoms with E-state index >= 15 is 0 Å². The van der Waals surface area contributed by atoms with Crippen LogP contribution in [0.25, 0.3) is 0 Å². The molecule has 1 aromatic heterocycles. The van der Waals surface area contributed by atoms with Crippen LogP contribution in [-0.4, -0.2) is 47.3 Å². The van der Waals surface area contributed by atoms with Crippen molar-refractivity contribution in [3.8, 4) is 5.88 Å². The minimum Gasteiger partial charge on any atom is -0.472 e. The molecule has 2 aliphatic heterocycles.